The van der Waals surface area contributed by atoms with Crippen LogP contribution < -0.4 is 10.1 Å². The molecule has 0 bridgehead atoms. The summed E-state index contributed by atoms with van der Waals surface area (Å²) in [4.78, 5) is 19.2. The van der Waals surface area contributed by atoms with Crippen LogP contribution in [0.3, 0.4) is 0 Å². The SMILES string of the molecule is O=C(NCc1ccccc1CN1CCOCC1)c1ccc(OCc2cscn2)cc1. The molecule has 156 valence electrons. The van der Waals surface area contributed by atoms with Crippen molar-refractivity contribution in [2.24, 2.45) is 0 Å². The van der Waals surface area contributed by atoms with Crippen LogP contribution >= 0.6 is 11.3 Å². The number of ether oxygens (including phenoxy) is 2. The molecule has 0 spiro atoms. The maximum absolute atomic E-state index is 12.6. The van der Waals surface area contributed by atoms with Crippen molar-refractivity contribution in [2.75, 3.05) is 26.3 Å². The van der Waals surface area contributed by atoms with Gasteiger partial charge in [0.25, 0.3) is 5.91 Å². The van der Waals surface area contributed by atoms with Gasteiger partial charge in [0.1, 0.15) is 12.4 Å². The maximum atomic E-state index is 12.6. The van der Waals surface area contributed by atoms with Crippen molar-refractivity contribution in [1.82, 2.24) is 15.2 Å². The van der Waals surface area contributed by atoms with Gasteiger partial charge in [-0.05, 0) is 35.4 Å². The first-order valence-electron chi connectivity index (χ1n) is 10.0. The molecule has 1 amide bonds. The molecule has 1 aromatic heterocycles. The highest BCUT2D eigenvalue weighted by Gasteiger charge is 2.13. The summed E-state index contributed by atoms with van der Waals surface area (Å²) < 4.78 is 11.1. The minimum absolute atomic E-state index is 0.0952. The highest BCUT2D eigenvalue weighted by atomic mass is 32.1. The van der Waals surface area contributed by atoms with Crippen LogP contribution in [0.5, 0.6) is 5.75 Å². The average Bonchev–Trinajstić information content (AvgIpc) is 3.32. The first-order chi connectivity index (χ1) is 14.8. The molecular weight excluding hydrogens is 398 g/mol. The van der Waals surface area contributed by atoms with Gasteiger partial charge in [-0.25, -0.2) is 4.98 Å². The predicted octanol–water partition coefficient (Wildman–Crippen LogP) is 3.48. The van der Waals surface area contributed by atoms with E-state index in [1.807, 2.05) is 29.6 Å². The number of carbonyl (C=O) groups excluding carboxylic acids is 1. The number of morpholine rings is 1. The molecule has 0 unspecified atom stereocenters. The normalized spacial score (nSPS) is 14.4. The zero-order chi connectivity index (χ0) is 20.6. The van der Waals surface area contributed by atoms with E-state index >= 15 is 0 Å². The van der Waals surface area contributed by atoms with Crippen LogP contribution in [0.2, 0.25) is 0 Å². The van der Waals surface area contributed by atoms with Crippen LogP contribution in [-0.4, -0.2) is 42.1 Å². The number of rotatable bonds is 8. The van der Waals surface area contributed by atoms with E-state index in [1.165, 1.54) is 5.56 Å². The lowest BCUT2D eigenvalue weighted by Gasteiger charge is -2.27. The fourth-order valence-electron chi connectivity index (χ4n) is 3.33. The lowest BCUT2D eigenvalue weighted by molar-refractivity contribution is 0.0340. The Hall–Kier alpha value is -2.74. The molecule has 3 aromatic rings. The second-order valence-corrected chi connectivity index (χ2v) is 7.85. The molecule has 0 radical (unpaired) electrons. The molecule has 1 saturated heterocycles. The topological polar surface area (TPSA) is 63.7 Å². The predicted molar refractivity (Wildman–Crippen MR) is 117 cm³/mol. The monoisotopic (exact) mass is 423 g/mol. The molecule has 0 atom stereocenters. The molecule has 30 heavy (non-hydrogen) atoms. The average molecular weight is 424 g/mol. The van der Waals surface area contributed by atoms with Gasteiger partial charge in [0.05, 0.1) is 24.4 Å². The molecule has 2 heterocycles. The summed E-state index contributed by atoms with van der Waals surface area (Å²) in [5.41, 5.74) is 5.68. The fraction of sp³-hybridized carbons (Fsp3) is 0.304. The molecule has 1 aliphatic rings. The molecule has 2 aromatic carbocycles. The quantitative estimate of drug-likeness (QED) is 0.601. The Labute approximate surface area is 180 Å². The van der Waals surface area contributed by atoms with Gasteiger partial charge in [-0.3, -0.25) is 9.69 Å². The van der Waals surface area contributed by atoms with Gasteiger partial charge in [-0.1, -0.05) is 24.3 Å². The van der Waals surface area contributed by atoms with E-state index in [4.69, 9.17) is 9.47 Å². The molecule has 0 aliphatic carbocycles. The minimum Gasteiger partial charge on any atom is -0.487 e. The highest BCUT2D eigenvalue weighted by Crippen LogP contribution is 2.16. The lowest BCUT2D eigenvalue weighted by Crippen LogP contribution is -2.36. The Balaban J connectivity index is 1.31. The number of nitrogens with zero attached hydrogens (tertiary/aromatic N) is 2. The molecule has 1 aliphatic heterocycles. The van der Waals surface area contributed by atoms with Crippen molar-refractivity contribution in [3.05, 3.63) is 81.8 Å². The van der Waals surface area contributed by atoms with E-state index < -0.39 is 0 Å². The fourth-order valence-corrected chi connectivity index (χ4v) is 3.87. The van der Waals surface area contributed by atoms with Gasteiger partial charge in [0.2, 0.25) is 0 Å². The summed E-state index contributed by atoms with van der Waals surface area (Å²) in [7, 11) is 0. The smallest absolute Gasteiger partial charge is 0.251 e. The molecule has 4 rings (SSSR count). The summed E-state index contributed by atoms with van der Waals surface area (Å²) in [6.45, 7) is 5.25. The second-order valence-electron chi connectivity index (χ2n) is 7.13. The van der Waals surface area contributed by atoms with Gasteiger partial charge in [0.15, 0.2) is 0 Å². The Morgan fingerprint density at radius 3 is 2.60 bits per heavy atom. The van der Waals surface area contributed by atoms with E-state index in [0.717, 1.165) is 49.9 Å². The van der Waals surface area contributed by atoms with E-state index in [2.05, 4.69) is 27.3 Å². The van der Waals surface area contributed by atoms with Gasteiger partial charge < -0.3 is 14.8 Å². The third-order valence-corrected chi connectivity index (χ3v) is 5.68. The zero-order valence-electron chi connectivity index (χ0n) is 16.8. The van der Waals surface area contributed by atoms with Crippen LogP contribution in [0, 0.1) is 0 Å². The van der Waals surface area contributed by atoms with Gasteiger partial charge in [-0.2, -0.15) is 0 Å². The second kappa shape index (κ2) is 10.3. The number of hydrogen-bond acceptors (Lipinski definition) is 6. The van der Waals surface area contributed by atoms with E-state index in [9.17, 15) is 4.79 Å². The molecule has 0 saturated carbocycles. The number of thiazole rings is 1. The van der Waals surface area contributed by atoms with Crippen molar-refractivity contribution in [3.8, 4) is 5.75 Å². The van der Waals surface area contributed by atoms with Crippen LogP contribution in [0.15, 0.2) is 59.4 Å². The summed E-state index contributed by atoms with van der Waals surface area (Å²) in [6.07, 6.45) is 0. The Morgan fingerprint density at radius 2 is 1.87 bits per heavy atom. The van der Waals surface area contributed by atoms with Crippen molar-refractivity contribution in [2.45, 2.75) is 19.7 Å². The Kier molecular flexibility index (Phi) is 7.07. The largest absolute Gasteiger partial charge is 0.487 e. The molecule has 7 heteroatoms. The standard InChI is InChI=1S/C23H25N3O3S/c27-23(18-5-7-22(8-6-18)29-15-21-16-30-17-25-21)24-13-19-3-1-2-4-20(19)14-26-9-11-28-12-10-26/h1-8,16-17H,9-15H2,(H,24,27). The first-order valence-corrected chi connectivity index (χ1v) is 11.0. The maximum Gasteiger partial charge on any atom is 0.251 e. The highest BCUT2D eigenvalue weighted by molar-refractivity contribution is 7.07. The van der Waals surface area contributed by atoms with Crippen LogP contribution in [-0.2, 0) is 24.4 Å². The summed E-state index contributed by atoms with van der Waals surface area (Å²) >= 11 is 1.54. The number of hydrogen-bond donors (Lipinski definition) is 1. The minimum atomic E-state index is -0.0952. The van der Waals surface area contributed by atoms with E-state index in [-0.39, 0.29) is 5.91 Å². The van der Waals surface area contributed by atoms with Gasteiger partial charge in [-0.15, -0.1) is 11.3 Å². The third-order valence-electron chi connectivity index (χ3n) is 5.04. The van der Waals surface area contributed by atoms with Crippen LogP contribution in [0.25, 0.3) is 0 Å². The van der Waals surface area contributed by atoms with Crippen LogP contribution in [0.4, 0.5) is 0 Å². The van der Waals surface area contributed by atoms with E-state index in [0.29, 0.717) is 18.7 Å². The lowest BCUT2D eigenvalue weighted by atomic mass is 10.1. The molecular formula is C23H25N3O3S. The van der Waals surface area contributed by atoms with Crippen molar-refractivity contribution >= 4 is 17.2 Å². The molecule has 1 fully saturated rings. The number of benzene rings is 2. The van der Waals surface area contributed by atoms with Gasteiger partial charge in [0, 0.05) is 37.1 Å². The summed E-state index contributed by atoms with van der Waals surface area (Å²) in [5.74, 6) is 0.623. The van der Waals surface area contributed by atoms with E-state index in [1.54, 1.807) is 29.0 Å². The number of aromatic nitrogens is 1. The number of amides is 1. The molecule has 1 N–H and O–H groups in total. The van der Waals surface area contributed by atoms with Gasteiger partial charge >= 0.3 is 0 Å². The zero-order valence-corrected chi connectivity index (χ0v) is 17.6. The molecule has 6 nitrogen and oxygen atoms in total. The Morgan fingerprint density at radius 1 is 1.10 bits per heavy atom. The Bertz CT molecular complexity index is 939. The first kappa shape index (κ1) is 20.5. The third kappa shape index (κ3) is 5.66. The van der Waals surface area contributed by atoms with Crippen LogP contribution in [0.1, 0.15) is 27.2 Å². The number of nitrogens with one attached hydrogen (secondary N) is 1. The van der Waals surface area contributed by atoms with Crippen molar-refractivity contribution in [1.29, 1.82) is 0 Å². The summed E-state index contributed by atoms with van der Waals surface area (Å²) in [6, 6.07) is 15.5. The summed E-state index contributed by atoms with van der Waals surface area (Å²) in [5, 5.41) is 4.99. The van der Waals surface area contributed by atoms with Crippen molar-refractivity contribution in [3.63, 3.8) is 0 Å². The number of carbonyl (C=O) groups is 1. The van der Waals surface area contributed by atoms with Crippen molar-refractivity contribution < 1.29 is 14.3 Å².